The lowest BCUT2D eigenvalue weighted by Gasteiger charge is -2.36. The molecule has 184 valence electrons. The molecule has 5 nitrogen and oxygen atoms in total. The maximum atomic E-state index is 14.4. The highest BCUT2D eigenvalue weighted by molar-refractivity contribution is 6.33. The fourth-order valence-electron chi connectivity index (χ4n) is 2.37. The standard InChI is InChI=1S/C14H11BF12O5/c1-30-11(20,13(22,23)24)9(16,17)6-3-7(5-8(4-6)32-15(28)29)10(18,19)12(21,31-2)14(25,26)27/h3-5,28-29H,1-2H3. The summed E-state index contributed by atoms with van der Waals surface area (Å²) in [4.78, 5) is 0. The molecule has 0 aliphatic carbocycles. The van der Waals surface area contributed by atoms with E-state index in [1.54, 1.807) is 0 Å². The smallest absolute Gasteiger partial charge is 0.512 e. The van der Waals surface area contributed by atoms with Crippen LogP contribution in [-0.4, -0.2) is 55.7 Å². The van der Waals surface area contributed by atoms with Crippen molar-refractivity contribution >= 4 is 7.32 Å². The van der Waals surface area contributed by atoms with Crippen LogP contribution < -0.4 is 4.65 Å². The number of methoxy groups -OCH3 is 2. The number of hydrogen-bond acceptors (Lipinski definition) is 5. The topological polar surface area (TPSA) is 68.2 Å². The van der Waals surface area contributed by atoms with Crippen LogP contribution in [0.1, 0.15) is 11.1 Å². The van der Waals surface area contributed by atoms with Gasteiger partial charge in [0.2, 0.25) is 0 Å². The van der Waals surface area contributed by atoms with Gasteiger partial charge >= 0.3 is 43.2 Å². The fourth-order valence-corrected chi connectivity index (χ4v) is 2.37. The van der Waals surface area contributed by atoms with E-state index < -0.39 is 66.2 Å². The molecule has 2 atom stereocenters. The van der Waals surface area contributed by atoms with E-state index in [9.17, 15) is 52.7 Å². The Morgan fingerprint density at radius 1 is 0.625 bits per heavy atom. The number of rotatable bonds is 8. The fraction of sp³-hybridized carbons (Fsp3) is 0.571. The van der Waals surface area contributed by atoms with Gasteiger partial charge in [0, 0.05) is 25.3 Å². The molecule has 1 aromatic carbocycles. The van der Waals surface area contributed by atoms with E-state index in [4.69, 9.17) is 10.0 Å². The van der Waals surface area contributed by atoms with Gasteiger partial charge in [0.15, 0.2) is 0 Å². The zero-order valence-electron chi connectivity index (χ0n) is 15.5. The van der Waals surface area contributed by atoms with E-state index in [1.807, 2.05) is 0 Å². The Hall–Kier alpha value is -1.92. The van der Waals surface area contributed by atoms with Crippen LogP contribution in [0.5, 0.6) is 5.75 Å². The lowest BCUT2D eigenvalue weighted by Crippen LogP contribution is -2.56. The van der Waals surface area contributed by atoms with E-state index in [-0.39, 0.29) is 26.4 Å². The normalized spacial score (nSPS) is 17.5. The van der Waals surface area contributed by atoms with Crippen molar-refractivity contribution in [3.05, 3.63) is 29.3 Å². The third kappa shape index (κ3) is 4.44. The zero-order chi connectivity index (χ0) is 25.6. The van der Waals surface area contributed by atoms with Crippen LogP contribution in [0.4, 0.5) is 52.7 Å². The van der Waals surface area contributed by atoms with Gasteiger partial charge < -0.3 is 24.2 Å². The Kier molecular flexibility index (Phi) is 7.43. The van der Waals surface area contributed by atoms with Crippen LogP contribution in [0.15, 0.2) is 18.2 Å². The van der Waals surface area contributed by atoms with E-state index in [2.05, 4.69) is 14.1 Å². The SMILES string of the molecule is COC(F)(C(F)(F)F)C(F)(F)c1cc(OB(O)O)cc(C(F)(F)C(F)(OC)C(F)(F)F)c1. The molecule has 0 spiro atoms. The molecule has 0 aliphatic rings. The molecular weight excluding hydrogens is 487 g/mol. The van der Waals surface area contributed by atoms with Crippen molar-refractivity contribution in [3.8, 4) is 5.75 Å². The van der Waals surface area contributed by atoms with Gasteiger partial charge in [-0.1, -0.05) is 0 Å². The summed E-state index contributed by atoms with van der Waals surface area (Å²) < 4.78 is 173. The van der Waals surface area contributed by atoms with Crippen LogP contribution in [0.3, 0.4) is 0 Å². The Labute approximate surface area is 170 Å². The molecule has 0 aliphatic heterocycles. The number of alkyl halides is 12. The summed E-state index contributed by atoms with van der Waals surface area (Å²) >= 11 is 0. The summed E-state index contributed by atoms with van der Waals surface area (Å²) in [5, 5.41) is 17.3. The van der Waals surface area contributed by atoms with Gasteiger partial charge in [-0.15, -0.1) is 0 Å². The highest BCUT2D eigenvalue weighted by Crippen LogP contribution is 2.55. The monoisotopic (exact) mass is 498 g/mol. The minimum atomic E-state index is -6.52. The van der Waals surface area contributed by atoms with Gasteiger partial charge in [0.05, 0.1) is 0 Å². The summed E-state index contributed by atoms with van der Waals surface area (Å²) in [6.45, 7) is 0. The van der Waals surface area contributed by atoms with Gasteiger partial charge in [-0.3, -0.25) is 0 Å². The first-order valence-electron chi connectivity index (χ1n) is 7.68. The molecule has 1 aromatic rings. The van der Waals surface area contributed by atoms with Gasteiger partial charge in [0.25, 0.3) is 0 Å². The van der Waals surface area contributed by atoms with Gasteiger partial charge in [-0.25, -0.2) is 0 Å². The molecule has 0 saturated heterocycles. The highest BCUT2D eigenvalue weighted by atomic mass is 19.4. The second-order valence-corrected chi connectivity index (χ2v) is 5.93. The Bertz CT molecular complexity index is 756. The third-order valence-electron chi connectivity index (χ3n) is 3.97. The number of halogens is 12. The second-order valence-electron chi connectivity index (χ2n) is 5.93. The quantitative estimate of drug-likeness (QED) is 0.420. The van der Waals surface area contributed by atoms with Crippen molar-refractivity contribution in [2.45, 2.75) is 35.9 Å². The van der Waals surface area contributed by atoms with Crippen molar-refractivity contribution in [1.82, 2.24) is 0 Å². The van der Waals surface area contributed by atoms with Crippen molar-refractivity contribution in [3.63, 3.8) is 0 Å². The summed E-state index contributed by atoms with van der Waals surface area (Å²) in [6, 6.07) is -1.49. The van der Waals surface area contributed by atoms with Gasteiger partial charge in [0.1, 0.15) is 5.75 Å². The molecule has 18 heteroatoms. The van der Waals surface area contributed by atoms with E-state index in [1.165, 1.54) is 0 Å². The average molecular weight is 498 g/mol. The van der Waals surface area contributed by atoms with Crippen LogP contribution in [-0.2, 0) is 21.3 Å². The first-order chi connectivity index (χ1) is 14.1. The maximum absolute atomic E-state index is 14.4. The van der Waals surface area contributed by atoms with E-state index in [0.29, 0.717) is 0 Å². The summed E-state index contributed by atoms with van der Waals surface area (Å²) in [6.07, 6.45) is -13.0. The number of ether oxygens (including phenoxy) is 2. The molecule has 0 heterocycles. The highest BCUT2D eigenvalue weighted by Gasteiger charge is 2.75. The average Bonchev–Trinajstić information content (AvgIpc) is 2.63. The van der Waals surface area contributed by atoms with Crippen molar-refractivity contribution in [2.24, 2.45) is 0 Å². The molecule has 0 saturated carbocycles. The molecule has 0 fully saturated rings. The lowest BCUT2D eigenvalue weighted by molar-refractivity contribution is -0.399. The maximum Gasteiger partial charge on any atom is 0.707 e. The van der Waals surface area contributed by atoms with Gasteiger partial charge in [-0.05, 0) is 18.2 Å². The molecule has 2 unspecified atom stereocenters. The molecule has 32 heavy (non-hydrogen) atoms. The van der Waals surface area contributed by atoms with Crippen molar-refractivity contribution in [2.75, 3.05) is 14.2 Å². The molecule has 0 bridgehead atoms. The molecule has 0 amide bonds. The zero-order valence-corrected chi connectivity index (χ0v) is 15.5. The van der Waals surface area contributed by atoms with E-state index in [0.717, 1.165) is 0 Å². The lowest BCUT2D eigenvalue weighted by atomic mass is 9.93. The molecule has 2 N–H and O–H groups in total. The van der Waals surface area contributed by atoms with Crippen LogP contribution >= 0.6 is 0 Å². The van der Waals surface area contributed by atoms with Crippen LogP contribution in [0, 0.1) is 0 Å². The first kappa shape index (κ1) is 28.1. The van der Waals surface area contributed by atoms with Crippen LogP contribution in [0.2, 0.25) is 0 Å². The minimum absolute atomic E-state index is 0.185. The summed E-state index contributed by atoms with van der Waals surface area (Å²) in [5.74, 6) is -25.4. The number of benzene rings is 1. The van der Waals surface area contributed by atoms with Crippen molar-refractivity contribution in [1.29, 1.82) is 0 Å². The van der Waals surface area contributed by atoms with E-state index >= 15 is 0 Å². The predicted molar refractivity (Wildman–Crippen MR) is 78.9 cm³/mol. The Morgan fingerprint density at radius 3 is 1.16 bits per heavy atom. The summed E-state index contributed by atoms with van der Waals surface area (Å²) in [7, 11) is -3.40. The Balaban J connectivity index is 3.92. The van der Waals surface area contributed by atoms with Crippen molar-refractivity contribution < 1.29 is 76.9 Å². The third-order valence-corrected chi connectivity index (χ3v) is 3.97. The largest absolute Gasteiger partial charge is 0.707 e. The first-order valence-corrected chi connectivity index (χ1v) is 7.68. The van der Waals surface area contributed by atoms with Crippen LogP contribution in [0.25, 0.3) is 0 Å². The molecule has 1 rings (SSSR count). The molecule has 0 aromatic heterocycles. The predicted octanol–water partition coefficient (Wildman–Crippen LogP) is 3.97. The Morgan fingerprint density at radius 2 is 0.938 bits per heavy atom. The number of hydrogen-bond donors (Lipinski definition) is 2. The minimum Gasteiger partial charge on any atom is -0.512 e. The molecule has 0 radical (unpaired) electrons. The van der Waals surface area contributed by atoms with Gasteiger partial charge in [-0.2, -0.15) is 52.7 Å². The summed E-state index contributed by atoms with van der Waals surface area (Å²) in [5.41, 5.74) is -4.90. The molecular formula is C14H11BF12O5. The second kappa shape index (κ2) is 8.46.